The molecular weight excluding hydrogens is 496 g/mol. The largest absolute Gasteiger partial charge is 0.479 e. The maximum Gasteiger partial charge on any atom is 0.335 e. The van der Waals surface area contributed by atoms with E-state index in [2.05, 4.69) is 37.4 Å². The number of aliphatic hydroxyl groups excluding tert-OH is 1. The lowest BCUT2D eigenvalue weighted by molar-refractivity contribution is -0.166. The van der Waals surface area contributed by atoms with Crippen LogP contribution in [0.2, 0.25) is 0 Å². The lowest BCUT2D eigenvalue weighted by Gasteiger charge is -2.25. The van der Waals surface area contributed by atoms with Crippen LogP contribution in [0.1, 0.15) is 55.2 Å². The van der Waals surface area contributed by atoms with Gasteiger partial charge in [-0.15, -0.1) is 0 Å². The van der Waals surface area contributed by atoms with Crippen molar-refractivity contribution < 1.29 is 29.0 Å². The third kappa shape index (κ3) is 9.41. The molecule has 3 N–H and O–H groups in total. The number of aryl methyl sites for hydroxylation is 3. The van der Waals surface area contributed by atoms with Crippen LogP contribution in [0.15, 0.2) is 53.1 Å². The number of carbonyl (C=O) groups excluding carboxylic acids is 1. The average molecular weight is 539 g/mol. The molecule has 0 saturated heterocycles. The summed E-state index contributed by atoms with van der Waals surface area (Å²) in [6.45, 7) is 5.69. The highest BCUT2D eigenvalue weighted by Crippen LogP contribution is 2.20. The number of fused-ring (bicyclic) bond motifs is 1. The van der Waals surface area contributed by atoms with Crippen LogP contribution in [0.3, 0.4) is 0 Å². The number of benzene rings is 2. The number of hydrogen-bond acceptors (Lipinski definition) is 6. The second-order valence-electron chi connectivity index (χ2n) is 10.2. The molecule has 8 heteroatoms. The van der Waals surface area contributed by atoms with Crippen LogP contribution in [0, 0.1) is 13.8 Å². The van der Waals surface area contributed by atoms with Gasteiger partial charge in [-0.05, 0) is 93.3 Å². The van der Waals surface area contributed by atoms with Gasteiger partial charge in [-0.3, -0.25) is 4.79 Å². The van der Waals surface area contributed by atoms with Crippen LogP contribution in [-0.4, -0.2) is 65.9 Å². The molecule has 0 aliphatic carbocycles. The summed E-state index contributed by atoms with van der Waals surface area (Å²) in [6, 6.07) is 14.4. The molecule has 212 valence electrons. The maximum atomic E-state index is 12.9. The number of hydrogen-bond donors (Lipinski definition) is 3. The summed E-state index contributed by atoms with van der Waals surface area (Å²) in [7, 11) is 1.62. The summed E-state index contributed by atoms with van der Waals surface area (Å²) in [4.78, 5) is 25.8. The minimum Gasteiger partial charge on any atom is -0.479 e. The molecule has 0 spiro atoms. The van der Waals surface area contributed by atoms with Gasteiger partial charge in [0.2, 0.25) is 0 Å². The Morgan fingerprint density at radius 2 is 1.77 bits per heavy atom. The molecule has 2 atom stereocenters. The van der Waals surface area contributed by atoms with Crippen LogP contribution in [-0.2, 0) is 20.7 Å². The summed E-state index contributed by atoms with van der Waals surface area (Å²) < 4.78 is 11.0. The van der Waals surface area contributed by atoms with Gasteiger partial charge in [0.05, 0.1) is 6.26 Å². The Kier molecular flexibility index (Phi) is 11.8. The monoisotopic (exact) mass is 538 g/mol. The van der Waals surface area contributed by atoms with Crippen molar-refractivity contribution in [2.75, 3.05) is 32.1 Å². The number of anilines is 1. The second kappa shape index (κ2) is 15.3. The zero-order valence-corrected chi connectivity index (χ0v) is 23.3. The molecule has 0 bridgehead atoms. The van der Waals surface area contributed by atoms with Gasteiger partial charge >= 0.3 is 5.97 Å². The predicted octanol–water partition coefficient (Wildman–Crippen LogP) is 5.33. The Labute approximate surface area is 231 Å². The van der Waals surface area contributed by atoms with E-state index in [-0.39, 0.29) is 6.61 Å². The first-order chi connectivity index (χ1) is 18.8. The van der Waals surface area contributed by atoms with E-state index in [0.717, 1.165) is 61.7 Å². The number of carboxylic acids is 1. The number of rotatable bonds is 17. The van der Waals surface area contributed by atoms with E-state index < -0.39 is 24.1 Å². The van der Waals surface area contributed by atoms with Crippen molar-refractivity contribution in [2.45, 2.75) is 71.0 Å². The Morgan fingerprint density at radius 1 is 0.974 bits per heavy atom. The summed E-state index contributed by atoms with van der Waals surface area (Å²) in [5.74, 6) is -1.97. The number of nitrogens with zero attached hydrogens (tertiary/aromatic N) is 1. The third-order valence-corrected chi connectivity index (χ3v) is 7.09. The molecule has 2 aromatic carbocycles. The van der Waals surface area contributed by atoms with Crippen molar-refractivity contribution in [3.05, 3.63) is 65.4 Å². The Bertz CT molecular complexity index is 1210. The molecule has 0 fully saturated rings. The molecule has 0 radical (unpaired) electrons. The minimum absolute atomic E-state index is 0.220. The van der Waals surface area contributed by atoms with Crippen LogP contribution in [0.4, 0.5) is 5.69 Å². The Morgan fingerprint density at radius 3 is 2.54 bits per heavy atom. The highest BCUT2D eigenvalue weighted by molar-refractivity contribution is 5.87. The molecule has 0 aliphatic rings. The second-order valence-corrected chi connectivity index (χ2v) is 10.2. The Balaban J connectivity index is 1.34. The van der Waals surface area contributed by atoms with Gasteiger partial charge in [-0.1, -0.05) is 24.6 Å². The van der Waals surface area contributed by atoms with Crippen LogP contribution < -0.4 is 5.32 Å². The number of aliphatic carboxylic acids is 1. The number of furan rings is 1. The first-order valence-corrected chi connectivity index (χ1v) is 13.8. The summed E-state index contributed by atoms with van der Waals surface area (Å²) in [5, 5.41) is 23.9. The molecule has 0 saturated carbocycles. The summed E-state index contributed by atoms with van der Waals surface area (Å²) >= 11 is 0. The van der Waals surface area contributed by atoms with Gasteiger partial charge in [-0.2, -0.15) is 0 Å². The lowest BCUT2D eigenvalue weighted by Crippen LogP contribution is -2.48. The van der Waals surface area contributed by atoms with Crippen LogP contribution >= 0.6 is 0 Å². The lowest BCUT2D eigenvalue weighted by atomic mass is 10.0. The Hall–Kier alpha value is -3.36. The fourth-order valence-corrected chi connectivity index (χ4v) is 4.49. The van der Waals surface area contributed by atoms with E-state index in [9.17, 15) is 19.8 Å². The number of unbranched alkanes of at least 4 members (excludes halogenated alkanes) is 4. The van der Waals surface area contributed by atoms with Crippen molar-refractivity contribution >= 4 is 28.5 Å². The molecule has 3 aromatic rings. The molecule has 1 heterocycles. The topological polar surface area (TPSA) is 112 Å². The fraction of sp³-hybridized carbons (Fsp3) is 0.484. The molecule has 0 aliphatic heterocycles. The molecule has 8 nitrogen and oxygen atoms in total. The standard InChI is InChI=1S/C31H42N2O6/c1-22-11-12-24(20-23(22)2)10-6-4-9-18-39-29(28(34)31(36)37)30(35)33(3)17-8-5-7-16-32-26-13-14-27-25(21-26)15-19-38-27/h11-15,19-21,28-29,32,34H,4-10,16-18H2,1-3H3,(H,36,37). The van der Waals surface area contributed by atoms with E-state index in [4.69, 9.17) is 9.15 Å². The van der Waals surface area contributed by atoms with E-state index in [0.29, 0.717) is 13.0 Å². The van der Waals surface area contributed by atoms with Gasteiger partial charge in [0.25, 0.3) is 5.91 Å². The maximum absolute atomic E-state index is 12.9. The van der Waals surface area contributed by atoms with Gasteiger partial charge in [0, 0.05) is 37.8 Å². The number of carbonyl (C=O) groups is 2. The number of amides is 1. The van der Waals surface area contributed by atoms with Gasteiger partial charge in [0.15, 0.2) is 12.2 Å². The van der Waals surface area contributed by atoms with Crippen molar-refractivity contribution in [1.82, 2.24) is 4.90 Å². The first-order valence-electron chi connectivity index (χ1n) is 13.8. The molecule has 1 aromatic heterocycles. The van der Waals surface area contributed by atoms with E-state index >= 15 is 0 Å². The van der Waals surface area contributed by atoms with E-state index in [1.165, 1.54) is 21.6 Å². The average Bonchev–Trinajstić information content (AvgIpc) is 3.39. The third-order valence-electron chi connectivity index (χ3n) is 7.09. The van der Waals surface area contributed by atoms with E-state index in [1.54, 1.807) is 13.3 Å². The molecule has 2 unspecified atom stereocenters. The zero-order valence-electron chi connectivity index (χ0n) is 23.3. The molecule has 3 rings (SSSR count). The number of nitrogens with one attached hydrogen (secondary N) is 1. The van der Waals surface area contributed by atoms with Crippen molar-refractivity contribution in [3.8, 4) is 0 Å². The quantitative estimate of drug-likeness (QED) is 0.199. The fourth-order valence-electron chi connectivity index (χ4n) is 4.49. The summed E-state index contributed by atoms with van der Waals surface area (Å²) in [5.41, 5.74) is 5.74. The minimum atomic E-state index is -1.90. The predicted molar refractivity (Wildman–Crippen MR) is 153 cm³/mol. The first kappa shape index (κ1) is 30.2. The smallest absolute Gasteiger partial charge is 0.335 e. The van der Waals surface area contributed by atoms with Gasteiger partial charge in [0.1, 0.15) is 5.58 Å². The highest BCUT2D eigenvalue weighted by Gasteiger charge is 2.34. The highest BCUT2D eigenvalue weighted by atomic mass is 16.5. The van der Waals surface area contributed by atoms with Gasteiger partial charge < -0.3 is 29.6 Å². The number of aliphatic hydroxyl groups is 1. The van der Waals surface area contributed by atoms with Crippen LogP contribution in [0.5, 0.6) is 0 Å². The zero-order chi connectivity index (χ0) is 28.2. The van der Waals surface area contributed by atoms with Crippen molar-refractivity contribution in [1.29, 1.82) is 0 Å². The van der Waals surface area contributed by atoms with Crippen LogP contribution in [0.25, 0.3) is 11.0 Å². The number of carboxylic acid groups (broad SMARTS) is 1. The van der Waals surface area contributed by atoms with Crippen molar-refractivity contribution in [2.24, 2.45) is 0 Å². The SMILES string of the molecule is Cc1ccc(CCCCCOC(C(=O)N(C)CCCCCNc2ccc3occc3c2)C(O)C(=O)O)cc1C. The molecule has 39 heavy (non-hydrogen) atoms. The van der Waals surface area contributed by atoms with E-state index in [1.807, 2.05) is 24.3 Å². The summed E-state index contributed by atoms with van der Waals surface area (Å²) in [6.07, 6.45) is 4.45. The van der Waals surface area contributed by atoms with Crippen molar-refractivity contribution in [3.63, 3.8) is 0 Å². The molecular formula is C31H42N2O6. The number of ether oxygens (including phenoxy) is 1. The normalized spacial score (nSPS) is 12.8. The van der Waals surface area contributed by atoms with Gasteiger partial charge in [-0.25, -0.2) is 4.79 Å². The number of likely N-dealkylation sites (N-methyl/N-ethyl adjacent to an activating group) is 1. The molecule has 1 amide bonds.